The summed E-state index contributed by atoms with van der Waals surface area (Å²) in [6, 6.07) is 5.83. The molecule has 3 rings (SSSR count). The molecule has 94 valence electrons. The van der Waals surface area contributed by atoms with E-state index in [1.165, 1.54) is 0 Å². The van der Waals surface area contributed by atoms with Gasteiger partial charge < -0.3 is 9.26 Å². The van der Waals surface area contributed by atoms with E-state index in [0.717, 1.165) is 23.9 Å². The Morgan fingerprint density at radius 3 is 3.17 bits per heavy atom. The summed E-state index contributed by atoms with van der Waals surface area (Å²) < 4.78 is 10.5. The van der Waals surface area contributed by atoms with Gasteiger partial charge in [-0.05, 0) is 18.6 Å². The Balaban J connectivity index is 1.60. The zero-order chi connectivity index (χ0) is 12.2. The number of nitrogens with zero attached hydrogens (tertiary/aromatic N) is 3. The predicted molar refractivity (Wildman–Crippen MR) is 66.3 cm³/mol. The number of hydrogen-bond donors (Lipinski definition) is 0. The molecule has 1 unspecified atom stereocenters. The fourth-order valence-electron chi connectivity index (χ4n) is 1.80. The van der Waals surface area contributed by atoms with Gasteiger partial charge >= 0.3 is 0 Å². The average Bonchev–Trinajstić information content (AvgIpc) is 3.08. The number of aromatic nitrogens is 3. The molecule has 0 aliphatic carbocycles. The van der Waals surface area contributed by atoms with Crippen molar-refractivity contribution in [2.45, 2.75) is 23.1 Å². The zero-order valence-corrected chi connectivity index (χ0v) is 10.6. The maximum Gasteiger partial charge on any atom is 0.237 e. The van der Waals surface area contributed by atoms with E-state index >= 15 is 0 Å². The van der Waals surface area contributed by atoms with E-state index in [0.29, 0.717) is 24.2 Å². The van der Waals surface area contributed by atoms with Crippen LogP contribution in [0.25, 0.3) is 0 Å². The number of hydrogen-bond acceptors (Lipinski definition) is 6. The molecule has 0 radical (unpaired) electrons. The van der Waals surface area contributed by atoms with Crippen molar-refractivity contribution in [2.75, 3.05) is 13.2 Å². The average molecular weight is 263 g/mol. The van der Waals surface area contributed by atoms with Crippen molar-refractivity contribution in [2.24, 2.45) is 0 Å². The molecule has 1 atom stereocenters. The predicted octanol–water partition coefficient (Wildman–Crippen LogP) is 2.26. The molecule has 2 aromatic rings. The lowest BCUT2D eigenvalue weighted by Crippen LogP contribution is -1.99. The van der Waals surface area contributed by atoms with Crippen LogP contribution in [0.2, 0.25) is 0 Å². The van der Waals surface area contributed by atoms with Crippen molar-refractivity contribution in [1.82, 2.24) is 15.1 Å². The lowest BCUT2D eigenvalue weighted by molar-refractivity contribution is 0.192. The highest BCUT2D eigenvalue weighted by atomic mass is 32.2. The summed E-state index contributed by atoms with van der Waals surface area (Å²) in [6.45, 7) is 1.49. The molecule has 6 heteroatoms. The van der Waals surface area contributed by atoms with Crippen molar-refractivity contribution >= 4 is 11.8 Å². The molecular weight excluding hydrogens is 250 g/mol. The maximum absolute atomic E-state index is 5.31. The van der Waals surface area contributed by atoms with E-state index in [1.807, 2.05) is 18.2 Å². The molecule has 0 spiro atoms. The summed E-state index contributed by atoms with van der Waals surface area (Å²) >= 11 is 1.59. The van der Waals surface area contributed by atoms with Gasteiger partial charge in [-0.25, -0.2) is 4.98 Å². The van der Waals surface area contributed by atoms with E-state index in [9.17, 15) is 0 Å². The second-order valence-electron chi connectivity index (χ2n) is 4.06. The minimum Gasteiger partial charge on any atom is -0.381 e. The number of thioether (sulfide) groups is 1. The van der Waals surface area contributed by atoms with Crippen LogP contribution in [0.15, 0.2) is 33.9 Å². The number of pyridine rings is 1. The Hall–Kier alpha value is -1.40. The van der Waals surface area contributed by atoms with Gasteiger partial charge in [-0.3, -0.25) is 0 Å². The van der Waals surface area contributed by atoms with E-state index in [1.54, 1.807) is 18.0 Å². The third-order valence-corrected chi connectivity index (χ3v) is 3.69. The fraction of sp³-hybridized carbons (Fsp3) is 0.417. The highest BCUT2D eigenvalue weighted by Crippen LogP contribution is 2.24. The minimum absolute atomic E-state index is 0.294. The van der Waals surface area contributed by atoms with Crippen LogP contribution in [0.3, 0.4) is 0 Å². The van der Waals surface area contributed by atoms with E-state index in [4.69, 9.17) is 9.26 Å². The highest BCUT2D eigenvalue weighted by molar-refractivity contribution is 7.98. The van der Waals surface area contributed by atoms with Gasteiger partial charge in [0, 0.05) is 18.7 Å². The Morgan fingerprint density at radius 2 is 2.39 bits per heavy atom. The summed E-state index contributed by atoms with van der Waals surface area (Å²) in [5.74, 6) is 2.36. The molecule has 0 aromatic carbocycles. The minimum atomic E-state index is 0.294. The summed E-state index contributed by atoms with van der Waals surface area (Å²) in [6.07, 6.45) is 2.75. The first-order valence-corrected chi connectivity index (χ1v) is 6.84. The number of ether oxygens (including phenoxy) is 1. The number of rotatable bonds is 4. The first-order valence-electron chi connectivity index (χ1n) is 5.86. The third-order valence-electron chi connectivity index (χ3n) is 2.76. The van der Waals surface area contributed by atoms with Gasteiger partial charge in [0.1, 0.15) is 0 Å². The molecule has 1 aliphatic rings. The van der Waals surface area contributed by atoms with Crippen LogP contribution in [0.1, 0.15) is 24.1 Å². The lowest BCUT2D eigenvalue weighted by atomic mass is 10.1. The van der Waals surface area contributed by atoms with Crippen molar-refractivity contribution < 1.29 is 9.26 Å². The quantitative estimate of drug-likeness (QED) is 0.788. The Labute approximate surface area is 109 Å². The Morgan fingerprint density at radius 1 is 1.39 bits per heavy atom. The largest absolute Gasteiger partial charge is 0.381 e. The van der Waals surface area contributed by atoms with E-state index < -0.39 is 0 Å². The van der Waals surface area contributed by atoms with Gasteiger partial charge in [-0.2, -0.15) is 4.98 Å². The molecule has 0 bridgehead atoms. The standard InChI is InChI=1S/C12H13N3O2S/c1-2-5-13-11(3-1)18-8-10-14-12(15-17-10)9-4-6-16-7-9/h1-3,5,9H,4,6-8H2. The normalized spacial score (nSPS) is 19.2. The summed E-state index contributed by atoms with van der Waals surface area (Å²) in [5, 5.41) is 4.97. The second-order valence-corrected chi connectivity index (χ2v) is 5.06. The maximum atomic E-state index is 5.31. The first kappa shape index (κ1) is 11.7. The first-order chi connectivity index (χ1) is 8.92. The fourth-order valence-corrected chi connectivity index (χ4v) is 2.50. The van der Waals surface area contributed by atoms with E-state index in [-0.39, 0.29) is 0 Å². The SMILES string of the molecule is c1ccc(SCc2nc(C3CCOC3)no2)nc1. The summed E-state index contributed by atoms with van der Waals surface area (Å²) in [5.41, 5.74) is 0. The molecule has 0 saturated carbocycles. The summed E-state index contributed by atoms with van der Waals surface area (Å²) in [4.78, 5) is 8.63. The molecule has 18 heavy (non-hydrogen) atoms. The van der Waals surface area contributed by atoms with Gasteiger partial charge in [-0.15, -0.1) is 0 Å². The molecule has 3 heterocycles. The van der Waals surface area contributed by atoms with Crippen LogP contribution in [0.4, 0.5) is 0 Å². The molecule has 5 nitrogen and oxygen atoms in total. The lowest BCUT2D eigenvalue weighted by Gasteiger charge is -1.97. The van der Waals surface area contributed by atoms with Crippen LogP contribution < -0.4 is 0 Å². The Kier molecular flexibility index (Phi) is 3.56. The van der Waals surface area contributed by atoms with Gasteiger partial charge in [0.15, 0.2) is 5.82 Å². The van der Waals surface area contributed by atoms with E-state index in [2.05, 4.69) is 15.1 Å². The monoisotopic (exact) mass is 263 g/mol. The van der Waals surface area contributed by atoms with Crippen LogP contribution in [0.5, 0.6) is 0 Å². The topological polar surface area (TPSA) is 61.0 Å². The van der Waals surface area contributed by atoms with Crippen LogP contribution in [-0.2, 0) is 10.5 Å². The smallest absolute Gasteiger partial charge is 0.237 e. The Bertz CT molecular complexity index is 497. The molecular formula is C12H13N3O2S. The molecule has 0 amide bonds. The second kappa shape index (κ2) is 5.49. The van der Waals surface area contributed by atoms with Crippen molar-refractivity contribution in [3.05, 3.63) is 36.1 Å². The van der Waals surface area contributed by atoms with Gasteiger partial charge in [0.2, 0.25) is 5.89 Å². The molecule has 1 fully saturated rings. The van der Waals surface area contributed by atoms with Crippen molar-refractivity contribution in [3.8, 4) is 0 Å². The van der Waals surface area contributed by atoms with Crippen molar-refractivity contribution in [3.63, 3.8) is 0 Å². The highest BCUT2D eigenvalue weighted by Gasteiger charge is 2.22. The molecule has 1 aliphatic heterocycles. The van der Waals surface area contributed by atoms with Crippen LogP contribution >= 0.6 is 11.8 Å². The van der Waals surface area contributed by atoms with Crippen molar-refractivity contribution in [1.29, 1.82) is 0 Å². The van der Waals surface area contributed by atoms with Gasteiger partial charge in [0.25, 0.3) is 0 Å². The molecule has 1 saturated heterocycles. The van der Waals surface area contributed by atoms with Gasteiger partial charge in [0.05, 0.1) is 17.4 Å². The van der Waals surface area contributed by atoms with Crippen LogP contribution in [0, 0.1) is 0 Å². The third kappa shape index (κ3) is 2.70. The molecule has 2 aromatic heterocycles. The summed E-state index contributed by atoms with van der Waals surface area (Å²) in [7, 11) is 0. The molecule has 0 N–H and O–H groups in total. The van der Waals surface area contributed by atoms with Crippen LogP contribution in [-0.4, -0.2) is 28.3 Å². The van der Waals surface area contributed by atoms with Gasteiger partial charge in [-0.1, -0.05) is 23.0 Å². The zero-order valence-electron chi connectivity index (χ0n) is 9.78.